The van der Waals surface area contributed by atoms with Crippen LogP contribution >= 0.6 is 23.2 Å². The van der Waals surface area contributed by atoms with Crippen molar-refractivity contribution in [3.63, 3.8) is 0 Å². The van der Waals surface area contributed by atoms with E-state index >= 15 is 0 Å². The lowest BCUT2D eigenvalue weighted by Gasteiger charge is -2.21. The van der Waals surface area contributed by atoms with Gasteiger partial charge in [0.25, 0.3) is 5.91 Å². The van der Waals surface area contributed by atoms with E-state index in [1.807, 2.05) is 19.9 Å². The third kappa shape index (κ3) is 5.53. The monoisotopic (exact) mass is 409 g/mol. The molecule has 4 nitrogen and oxygen atoms in total. The SMILES string of the molecule is COc1cc(C)c([C@H](C)NC(=O)COc2ccc(Cl)cc2Cl)cc1C(C)C. The molecule has 1 N–H and O–H groups in total. The molecule has 6 heteroatoms. The van der Waals surface area contributed by atoms with Crippen molar-refractivity contribution >= 4 is 29.1 Å². The van der Waals surface area contributed by atoms with Gasteiger partial charge in [-0.3, -0.25) is 4.79 Å². The van der Waals surface area contributed by atoms with Gasteiger partial charge in [-0.05, 0) is 66.8 Å². The van der Waals surface area contributed by atoms with Crippen LogP contribution in [0.3, 0.4) is 0 Å². The summed E-state index contributed by atoms with van der Waals surface area (Å²) in [6.45, 7) is 8.06. The van der Waals surface area contributed by atoms with E-state index in [4.69, 9.17) is 32.7 Å². The standard InChI is InChI=1S/C21H25Cl2NO3/c1-12(2)16-10-17(13(3)8-20(16)26-5)14(4)24-21(25)11-27-19-7-6-15(22)9-18(19)23/h6-10,12,14H,11H2,1-5H3,(H,24,25)/t14-/m0/s1. The number of rotatable bonds is 7. The smallest absolute Gasteiger partial charge is 0.258 e. The molecular weight excluding hydrogens is 385 g/mol. The summed E-state index contributed by atoms with van der Waals surface area (Å²) in [5.41, 5.74) is 3.23. The fourth-order valence-corrected chi connectivity index (χ4v) is 3.37. The Morgan fingerprint density at radius 2 is 1.78 bits per heavy atom. The van der Waals surface area contributed by atoms with Gasteiger partial charge in [-0.15, -0.1) is 0 Å². The molecule has 0 aliphatic rings. The number of methoxy groups -OCH3 is 1. The predicted octanol–water partition coefficient (Wildman–Crippen LogP) is 5.69. The van der Waals surface area contributed by atoms with Crippen molar-refractivity contribution in [1.82, 2.24) is 5.32 Å². The first-order chi connectivity index (χ1) is 12.7. The molecular formula is C21H25Cl2NO3. The molecule has 0 saturated carbocycles. The molecule has 0 aromatic heterocycles. The van der Waals surface area contributed by atoms with Crippen molar-refractivity contribution < 1.29 is 14.3 Å². The maximum atomic E-state index is 12.3. The van der Waals surface area contributed by atoms with Gasteiger partial charge in [0.1, 0.15) is 11.5 Å². The highest BCUT2D eigenvalue weighted by Gasteiger charge is 2.17. The zero-order valence-corrected chi connectivity index (χ0v) is 17.7. The van der Waals surface area contributed by atoms with Crippen LogP contribution in [0.1, 0.15) is 49.4 Å². The number of amides is 1. The van der Waals surface area contributed by atoms with Crippen LogP contribution in [0.5, 0.6) is 11.5 Å². The van der Waals surface area contributed by atoms with Gasteiger partial charge in [0.2, 0.25) is 0 Å². The number of hydrogen-bond acceptors (Lipinski definition) is 3. The topological polar surface area (TPSA) is 47.6 Å². The van der Waals surface area contributed by atoms with Crippen molar-refractivity contribution in [2.24, 2.45) is 0 Å². The van der Waals surface area contributed by atoms with Crippen LogP contribution in [-0.2, 0) is 4.79 Å². The molecule has 2 rings (SSSR count). The van der Waals surface area contributed by atoms with Crippen molar-refractivity contribution in [1.29, 1.82) is 0 Å². The number of ether oxygens (including phenoxy) is 2. The Labute approximate surface area is 170 Å². The number of aryl methyl sites for hydroxylation is 1. The van der Waals surface area contributed by atoms with Crippen molar-refractivity contribution in [3.05, 3.63) is 57.1 Å². The Morgan fingerprint density at radius 1 is 1.07 bits per heavy atom. The van der Waals surface area contributed by atoms with E-state index < -0.39 is 0 Å². The van der Waals surface area contributed by atoms with Gasteiger partial charge in [0.15, 0.2) is 6.61 Å². The van der Waals surface area contributed by atoms with Crippen LogP contribution in [0.2, 0.25) is 10.0 Å². The zero-order valence-electron chi connectivity index (χ0n) is 16.2. The summed E-state index contributed by atoms with van der Waals surface area (Å²) >= 11 is 11.9. The van der Waals surface area contributed by atoms with Crippen LogP contribution in [0.15, 0.2) is 30.3 Å². The molecule has 0 spiro atoms. The first-order valence-electron chi connectivity index (χ1n) is 8.78. The van der Waals surface area contributed by atoms with Crippen molar-refractivity contribution in [2.75, 3.05) is 13.7 Å². The first-order valence-corrected chi connectivity index (χ1v) is 9.54. The van der Waals surface area contributed by atoms with Crippen LogP contribution in [0.4, 0.5) is 0 Å². The van der Waals surface area contributed by atoms with E-state index in [1.54, 1.807) is 25.3 Å². The summed E-state index contributed by atoms with van der Waals surface area (Å²) in [6, 6.07) is 8.83. The third-order valence-electron chi connectivity index (χ3n) is 4.34. The number of carbonyl (C=O) groups excluding carboxylic acids is 1. The van der Waals surface area contributed by atoms with E-state index in [-0.39, 0.29) is 18.6 Å². The summed E-state index contributed by atoms with van der Waals surface area (Å²) in [5, 5.41) is 3.85. The van der Waals surface area contributed by atoms with Crippen LogP contribution in [0, 0.1) is 6.92 Å². The fraction of sp³-hybridized carbons (Fsp3) is 0.381. The third-order valence-corrected chi connectivity index (χ3v) is 4.87. The van der Waals surface area contributed by atoms with Crippen LogP contribution in [0.25, 0.3) is 0 Å². The second-order valence-corrected chi connectivity index (χ2v) is 7.60. The predicted molar refractivity (Wildman–Crippen MR) is 110 cm³/mol. The zero-order chi connectivity index (χ0) is 20.1. The van der Waals surface area contributed by atoms with Gasteiger partial charge in [-0.1, -0.05) is 37.0 Å². The number of hydrogen-bond donors (Lipinski definition) is 1. The fourth-order valence-electron chi connectivity index (χ4n) is 2.91. The summed E-state index contributed by atoms with van der Waals surface area (Å²) < 4.78 is 11.0. The molecule has 0 aliphatic heterocycles. The minimum absolute atomic E-state index is 0.127. The molecule has 0 aliphatic carbocycles. The Bertz CT molecular complexity index is 821. The Hall–Kier alpha value is -1.91. The first kappa shape index (κ1) is 21.4. The minimum Gasteiger partial charge on any atom is -0.496 e. The average molecular weight is 410 g/mol. The lowest BCUT2D eigenvalue weighted by Crippen LogP contribution is -2.31. The summed E-state index contributed by atoms with van der Waals surface area (Å²) in [4.78, 5) is 12.3. The highest BCUT2D eigenvalue weighted by Crippen LogP contribution is 2.32. The van der Waals surface area contributed by atoms with Crippen molar-refractivity contribution in [2.45, 2.75) is 39.7 Å². The number of carbonyl (C=O) groups is 1. The molecule has 0 bridgehead atoms. The molecule has 1 amide bonds. The second-order valence-electron chi connectivity index (χ2n) is 6.76. The Balaban J connectivity index is 2.06. The summed E-state index contributed by atoms with van der Waals surface area (Å²) in [5.74, 6) is 1.38. The second kappa shape index (κ2) is 9.34. The number of benzene rings is 2. The molecule has 27 heavy (non-hydrogen) atoms. The van der Waals surface area contributed by atoms with Crippen LogP contribution in [-0.4, -0.2) is 19.6 Å². The van der Waals surface area contributed by atoms with Crippen molar-refractivity contribution in [3.8, 4) is 11.5 Å². The van der Waals surface area contributed by atoms with E-state index in [0.717, 1.165) is 22.4 Å². The molecule has 0 radical (unpaired) electrons. The summed E-state index contributed by atoms with van der Waals surface area (Å²) in [6.07, 6.45) is 0. The van der Waals surface area contributed by atoms with Gasteiger partial charge >= 0.3 is 0 Å². The summed E-state index contributed by atoms with van der Waals surface area (Å²) in [7, 11) is 1.67. The largest absolute Gasteiger partial charge is 0.496 e. The van der Waals surface area contributed by atoms with Gasteiger partial charge in [-0.2, -0.15) is 0 Å². The Kier molecular flexibility index (Phi) is 7.40. The maximum absolute atomic E-state index is 12.3. The Morgan fingerprint density at radius 3 is 2.37 bits per heavy atom. The molecule has 0 saturated heterocycles. The molecule has 0 unspecified atom stereocenters. The molecule has 146 valence electrons. The lowest BCUT2D eigenvalue weighted by molar-refractivity contribution is -0.123. The molecule has 0 fully saturated rings. The number of nitrogens with one attached hydrogen (secondary N) is 1. The van der Waals surface area contributed by atoms with Gasteiger partial charge in [0.05, 0.1) is 18.2 Å². The van der Waals surface area contributed by atoms with E-state index in [9.17, 15) is 4.79 Å². The molecule has 2 aromatic rings. The normalized spacial score (nSPS) is 12.0. The molecule has 0 heterocycles. The van der Waals surface area contributed by atoms with Gasteiger partial charge < -0.3 is 14.8 Å². The van der Waals surface area contributed by atoms with Crippen LogP contribution < -0.4 is 14.8 Å². The quantitative estimate of drug-likeness (QED) is 0.638. The van der Waals surface area contributed by atoms with E-state index in [2.05, 4.69) is 25.2 Å². The van der Waals surface area contributed by atoms with E-state index in [0.29, 0.717) is 21.7 Å². The highest BCUT2D eigenvalue weighted by molar-refractivity contribution is 6.35. The molecule has 1 atom stereocenters. The highest BCUT2D eigenvalue weighted by atomic mass is 35.5. The minimum atomic E-state index is -0.227. The lowest BCUT2D eigenvalue weighted by atomic mass is 9.93. The average Bonchev–Trinajstić information content (AvgIpc) is 2.60. The van der Waals surface area contributed by atoms with Gasteiger partial charge in [0, 0.05) is 5.02 Å². The number of halogens is 2. The maximum Gasteiger partial charge on any atom is 0.258 e. The van der Waals surface area contributed by atoms with Gasteiger partial charge in [-0.25, -0.2) is 0 Å². The van der Waals surface area contributed by atoms with E-state index in [1.165, 1.54) is 0 Å². The molecule has 2 aromatic carbocycles.